The topological polar surface area (TPSA) is 59.6 Å². The Kier molecular flexibility index (Phi) is 6.58. The minimum Gasteiger partial charge on any atom is -0.490 e. The zero-order valence-corrected chi connectivity index (χ0v) is 16.0. The summed E-state index contributed by atoms with van der Waals surface area (Å²) in [6, 6.07) is 15.7. The van der Waals surface area contributed by atoms with Crippen LogP contribution in [0.25, 0.3) is 0 Å². The second-order valence-corrected chi connectivity index (χ2v) is 7.25. The fourth-order valence-corrected chi connectivity index (χ4v) is 3.14. The molecular weight excluding hydrogens is 340 g/mol. The third-order valence-corrected chi connectivity index (χ3v) is 4.48. The summed E-state index contributed by atoms with van der Waals surface area (Å²) in [5.41, 5.74) is 2.10. The first kappa shape index (κ1) is 19.1. The van der Waals surface area contributed by atoms with Gasteiger partial charge in [0.15, 0.2) is 11.5 Å². The van der Waals surface area contributed by atoms with Gasteiger partial charge in [-0.1, -0.05) is 50.2 Å². The van der Waals surface area contributed by atoms with Gasteiger partial charge in [0.1, 0.15) is 0 Å². The van der Waals surface area contributed by atoms with Crippen molar-refractivity contribution in [2.75, 3.05) is 13.2 Å². The molecule has 2 aromatic carbocycles. The molecule has 3 rings (SSSR count). The Morgan fingerprint density at radius 2 is 1.78 bits per heavy atom. The number of fused-ring (bicyclic) bond motifs is 1. The zero-order chi connectivity index (χ0) is 19.1. The SMILES string of the molecule is CC(C)CC(NC(=O)NCc1ccc2c(c1)OCCCO2)c1ccccc1. The molecule has 5 nitrogen and oxygen atoms in total. The predicted molar refractivity (Wildman–Crippen MR) is 106 cm³/mol. The Morgan fingerprint density at radius 1 is 1.04 bits per heavy atom. The second kappa shape index (κ2) is 9.31. The van der Waals surface area contributed by atoms with Crippen molar-refractivity contribution in [3.8, 4) is 11.5 Å². The van der Waals surface area contributed by atoms with Crippen LogP contribution in [0, 0.1) is 5.92 Å². The van der Waals surface area contributed by atoms with Crippen molar-refractivity contribution < 1.29 is 14.3 Å². The lowest BCUT2D eigenvalue weighted by atomic mass is 9.97. The Balaban J connectivity index is 1.58. The molecule has 0 aromatic heterocycles. The lowest BCUT2D eigenvalue weighted by molar-refractivity contribution is 0.234. The zero-order valence-electron chi connectivity index (χ0n) is 16.0. The van der Waals surface area contributed by atoms with Gasteiger partial charge < -0.3 is 20.1 Å². The maximum absolute atomic E-state index is 12.4. The van der Waals surface area contributed by atoms with Crippen molar-refractivity contribution >= 4 is 6.03 Å². The summed E-state index contributed by atoms with van der Waals surface area (Å²) in [7, 11) is 0. The van der Waals surface area contributed by atoms with E-state index in [9.17, 15) is 4.79 Å². The van der Waals surface area contributed by atoms with E-state index in [1.54, 1.807) is 0 Å². The maximum atomic E-state index is 12.4. The number of nitrogens with one attached hydrogen (secondary N) is 2. The first-order chi connectivity index (χ1) is 13.1. The molecule has 0 radical (unpaired) electrons. The monoisotopic (exact) mass is 368 g/mol. The van der Waals surface area contributed by atoms with E-state index in [1.807, 2.05) is 36.4 Å². The largest absolute Gasteiger partial charge is 0.490 e. The molecule has 1 atom stereocenters. The second-order valence-electron chi connectivity index (χ2n) is 7.25. The van der Waals surface area contributed by atoms with Crippen LogP contribution in [-0.2, 0) is 6.54 Å². The molecule has 2 N–H and O–H groups in total. The molecule has 1 unspecified atom stereocenters. The fraction of sp³-hybridized carbons (Fsp3) is 0.409. The Labute approximate surface area is 161 Å². The third kappa shape index (κ3) is 5.64. The molecule has 0 bridgehead atoms. The van der Waals surface area contributed by atoms with Gasteiger partial charge in [0.25, 0.3) is 0 Å². The van der Waals surface area contributed by atoms with Crippen LogP contribution in [-0.4, -0.2) is 19.2 Å². The molecule has 0 fully saturated rings. The van der Waals surface area contributed by atoms with E-state index in [2.05, 4.69) is 36.6 Å². The van der Waals surface area contributed by atoms with E-state index in [4.69, 9.17) is 9.47 Å². The molecule has 2 amide bonds. The van der Waals surface area contributed by atoms with E-state index in [0.29, 0.717) is 25.7 Å². The molecule has 1 aliphatic heterocycles. The van der Waals surface area contributed by atoms with Gasteiger partial charge in [0.05, 0.1) is 19.3 Å². The smallest absolute Gasteiger partial charge is 0.315 e. The van der Waals surface area contributed by atoms with Crippen LogP contribution < -0.4 is 20.1 Å². The predicted octanol–water partition coefficient (Wildman–Crippen LogP) is 4.43. The molecular formula is C22H28N2O3. The van der Waals surface area contributed by atoms with Crippen LogP contribution in [0.4, 0.5) is 4.79 Å². The number of ether oxygens (including phenoxy) is 2. The highest BCUT2D eigenvalue weighted by Crippen LogP contribution is 2.30. The summed E-state index contributed by atoms with van der Waals surface area (Å²) < 4.78 is 11.4. The number of amides is 2. The number of hydrogen-bond acceptors (Lipinski definition) is 3. The van der Waals surface area contributed by atoms with Crippen LogP contribution in [0.1, 0.15) is 43.9 Å². The van der Waals surface area contributed by atoms with Gasteiger partial charge >= 0.3 is 6.03 Å². The van der Waals surface area contributed by atoms with E-state index < -0.39 is 0 Å². The molecule has 27 heavy (non-hydrogen) atoms. The Morgan fingerprint density at radius 3 is 2.52 bits per heavy atom. The highest BCUT2D eigenvalue weighted by Gasteiger charge is 2.16. The van der Waals surface area contributed by atoms with E-state index >= 15 is 0 Å². The van der Waals surface area contributed by atoms with Gasteiger partial charge in [-0.25, -0.2) is 4.79 Å². The van der Waals surface area contributed by atoms with Gasteiger partial charge in [-0.2, -0.15) is 0 Å². The molecule has 0 saturated carbocycles. The molecule has 0 saturated heterocycles. The summed E-state index contributed by atoms with van der Waals surface area (Å²) in [5, 5.41) is 6.05. The Bertz CT molecular complexity index is 746. The minimum absolute atomic E-state index is 0.00465. The molecule has 0 spiro atoms. The minimum atomic E-state index is -0.170. The summed E-state index contributed by atoms with van der Waals surface area (Å²) in [6.45, 7) is 6.08. The standard InChI is InChI=1S/C22H28N2O3/c1-16(2)13-19(18-7-4-3-5-8-18)24-22(25)23-15-17-9-10-20-21(14-17)27-12-6-11-26-20/h3-5,7-10,14,16,19H,6,11-13,15H2,1-2H3,(H2,23,24,25). The van der Waals surface area contributed by atoms with E-state index in [-0.39, 0.29) is 12.1 Å². The summed E-state index contributed by atoms with van der Waals surface area (Å²) in [6.07, 6.45) is 1.77. The number of urea groups is 1. The molecule has 144 valence electrons. The summed E-state index contributed by atoms with van der Waals surface area (Å²) in [4.78, 5) is 12.4. The molecule has 1 heterocycles. The van der Waals surface area contributed by atoms with Crippen molar-refractivity contribution in [3.63, 3.8) is 0 Å². The lowest BCUT2D eigenvalue weighted by Crippen LogP contribution is -2.38. The average molecular weight is 368 g/mol. The van der Waals surface area contributed by atoms with Gasteiger partial charge in [-0.05, 0) is 35.6 Å². The van der Waals surface area contributed by atoms with Crippen LogP contribution in [0.3, 0.4) is 0 Å². The molecule has 1 aliphatic rings. The molecule has 2 aromatic rings. The Hall–Kier alpha value is -2.69. The van der Waals surface area contributed by atoms with E-state index in [0.717, 1.165) is 35.5 Å². The van der Waals surface area contributed by atoms with Crippen molar-refractivity contribution in [2.45, 2.75) is 39.3 Å². The molecule has 5 heteroatoms. The van der Waals surface area contributed by atoms with Crippen LogP contribution >= 0.6 is 0 Å². The number of carbonyl (C=O) groups is 1. The first-order valence-corrected chi connectivity index (χ1v) is 9.59. The fourth-order valence-electron chi connectivity index (χ4n) is 3.14. The highest BCUT2D eigenvalue weighted by atomic mass is 16.5. The van der Waals surface area contributed by atoms with Gasteiger partial charge in [-0.15, -0.1) is 0 Å². The quantitative estimate of drug-likeness (QED) is 0.793. The lowest BCUT2D eigenvalue weighted by Gasteiger charge is -2.21. The van der Waals surface area contributed by atoms with Gasteiger partial charge in [-0.3, -0.25) is 0 Å². The first-order valence-electron chi connectivity index (χ1n) is 9.59. The molecule has 0 aliphatic carbocycles. The van der Waals surface area contributed by atoms with Crippen LogP contribution in [0.15, 0.2) is 48.5 Å². The normalized spacial score (nSPS) is 14.3. The van der Waals surface area contributed by atoms with Gasteiger partial charge in [0.2, 0.25) is 0 Å². The van der Waals surface area contributed by atoms with Crippen molar-refractivity contribution in [2.24, 2.45) is 5.92 Å². The third-order valence-electron chi connectivity index (χ3n) is 4.48. The summed E-state index contributed by atoms with van der Waals surface area (Å²) in [5.74, 6) is 1.99. The number of benzene rings is 2. The maximum Gasteiger partial charge on any atom is 0.315 e. The van der Waals surface area contributed by atoms with Crippen LogP contribution in [0.5, 0.6) is 11.5 Å². The number of rotatable bonds is 6. The summed E-state index contributed by atoms with van der Waals surface area (Å²) >= 11 is 0. The van der Waals surface area contributed by atoms with Crippen LogP contribution in [0.2, 0.25) is 0 Å². The number of carbonyl (C=O) groups excluding carboxylic acids is 1. The van der Waals surface area contributed by atoms with Crippen molar-refractivity contribution in [1.82, 2.24) is 10.6 Å². The highest BCUT2D eigenvalue weighted by molar-refractivity contribution is 5.74. The van der Waals surface area contributed by atoms with Gasteiger partial charge in [0, 0.05) is 13.0 Å². The van der Waals surface area contributed by atoms with E-state index in [1.165, 1.54) is 0 Å². The average Bonchev–Trinajstić information content (AvgIpc) is 2.91. The van der Waals surface area contributed by atoms with Crippen molar-refractivity contribution in [3.05, 3.63) is 59.7 Å². The van der Waals surface area contributed by atoms with Crippen molar-refractivity contribution in [1.29, 1.82) is 0 Å². The number of hydrogen-bond donors (Lipinski definition) is 2.